The molecule has 0 saturated heterocycles. The van der Waals surface area contributed by atoms with E-state index in [9.17, 15) is 14.4 Å². The Labute approximate surface area is 171 Å². The molecule has 0 radical (unpaired) electrons. The maximum absolute atomic E-state index is 12.8. The molecule has 2 aromatic rings. The molecule has 29 heavy (non-hydrogen) atoms. The van der Waals surface area contributed by atoms with Crippen LogP contribution in [-0.2, 0) is 36.7 Å². The first kappa shape index (κ1) is 22.5. The number of H-pyrrole nitrogens is 1. The van der Waals surface area contributed by atoms with Crippen molar-refractivity contribution in [1.29, 1.82) is 0 Å². The fourth-order valence-electron chi connectivity index (χ4n) is 3.42. The molecule has 0 aliphatic rings. The highest BCUT2D eigenvalue weighted by molar-refractivity contribution is 6.07. The minimum Gasteiger partial charge on any atom is -0.464 e. The average Bonchev–Trinajstić information content (AvgIpc) is 3.09. The number of aromatic amines is 1. The second kappa shape index (κ2) is 10.1. The summed E-state index contributed by atoms with van der Waals surface area (Å²) in [5.74, 6) is -1.12. The lowest BCUT2D eigenvalue weighted by atomic mass is 9.88. The van der Waals surface area contributed by atoms with Crippen molar-refractivity contribution in [3.63, 3.8) is 0 Å². The number of rotatable bonds is 11. The predicted octanol–water partition coefficient (Wildman–Crippen LogP) is 2.91. The number of aromatic nitrogens is 1. The Hall–Kier alpha value is -2.83. The maximum atomic E-state index is 12.8. The van der Waals surface area contributed by atoms with E-state index in [1.54, 1.807) is 20.0 Å². The van der Waals surface area contributed by atoms with Gasteiger partial charge in [0.1, 0.15) is 0 Å². The van der Waals surface area contributed by atoms with Gasteiger partial charge >= 0.3 is 11.9 Å². The fourth-order valence-corrected chi connectivity index (χ4v) is 3.42. The van der Waals surface area contributed by atoms with Crippen LogP contribution in [0.1, 0.15) is 45.2 Å². The van der Waals surface area contributed by atoms with Crippen LogP contribution in [0, 0.1) is 5.92 Å². The zero-order chi connectivity index (χ0) is 21.4. The van der Waals surface area contributed by atoms with Crippen LogP contribution in [0.2, 0.25) is 0 Å². The van der Waals surface area contributed by atoms with Crippen LogP contribution < -0.4 is 5.32 Å². The summed E-state index contributed by atoms with van der Waals surface area (Å²) in [5.41, 5.74) is 0.845. The van der Waals surface area contributed by atoms with Crippen molar-refractivity contribution in [3.05, 3.63) is 35.5 Å². The van der Waals surface area contributed by atoms with Gasteiger partial charge in [0.15, 0.2) is 0 Å². The molecule has 0 unspecified atom stereocenters. The molecule has 0 bridgehead atoms. The standard InChI is InChI=1S/C22H30N2O5/c1-5-28-20(26)22(24-14-25,21(27)29-6-2)12-17-13-23-18-9-7-8-16(19(17)18)11-10-15(3)4/h7-9,13-15,23H,5-6,10-12H2,1-4H3,(H,24,25). The summed E-state index contributed by atoms with van der Waals surface area (Å²) in [4.78, 5) is 40.1. The van der Waals surface area contributed by atoms with E-state index in [-0.39, 0.29) is 19.6 Å². The van der Waals surface area contributed by atoms with Crippen molar-refractivity contribution < 1.29 is 23.9 Å². The number of amides is 1. The number of nitrogens with one attached hydrogen (secondary N) is 2. The zero-order valence-corrected chi connectivity index (χ0v) is 17.5. The van der Waals surface area contributed by atoms with Crippen LogP contribution in [0.4, 0.5) is 0 Å². The van der Waals surface area contributed by atoms with Crippen molar-refractivity contribution in [2.45, 2.75) is 52.5 Å². The quantitative estimate of drug-likeness (QED) is 0.342. The van der Waals surface area contributed by atoms with Gasteiger partial charge in [0.25, 0.3) is 0 Å². The molecule has 1 amide bonds. The van der Waals surface area contributed by atoms with E-state index >= 15 is 0 Å². The minimum atomic E-state index is -1.94. The highest BCUT2D eigenvalue weighted by Gasteiger charge is 2.49. The topological polar surface area (TPSA) is 97.5 Å². The van der Waals surface area contributed by atoms with E-state index in [1.165, 1.54) is 0 Å². The van der Waals surface area contributed by atoms with E-state index < -0.39 is 17.5 Å². The normalized spacial score (nSPS) is 11.5. The molecule has 1 aromatic heterocycles. The van der Waals surface area contributed by atoms with Gasteiger partial charge in [-0.2, -0.15) is 0 Å². The van der Waals surface area contributed by atoms with E-state index in [2.05, 4.69) is 24.1 Å². The van der Waals surface area contributed by atoms with Gasteiger partial charge in [-0.1, -0.05) is 26.0 Å². The molecule has 0 saturated carbocycles. The van der Waals surface area contributed by atoms with Crippen molar-refractivity contribution in [2.75, 3.05) is 13.2 Å². The lowest BCUT2D eigenvalue weighted by Gasteiger charge is -2.28. The molecule has 0 spiro atoms. The third-order valence-electron chi connectivity index (χ3n) is 4.87. The highest BCUT2D eigenvalue weighted by atomic mass is 16.6. The monoisotopic (exact) mass is 402 g/mol. The SMILES string of the molecule is CCOC(=O)C(Cc1c[nH]c2cccc(CCC(C)C)c12)(NC=O)C(=O)OCC. The molecular weight excluding hydrogens is 372 g/mol. The Morgan fingerprint density at radius 2 is 1.79 bits per heavy atom. The fraction of sp³-hybridized carbons (Fsp3) is 0.500. The predicted molar refractivity (Wildman–Crippen MR) is 110 cm³/mol. The number of hydrogen-bond acceptors (Lipinski definition) is 5. The lowest BCUT2D eigenvalue weighted by Crippen LogP contribution is -2.60. The number of fused-ring (bicyclic) bond motifs is 1. The van der Waals surface area contributed by atoms with Crippen LogP contribution in [0.5, 0.6) is 0 Å². The molecule has 1 heterocycles. The Balaban J connectivity index is 2.54. The molecule has 7 nitrogen and oxygen atoms in total. The maximum Gasteiger partial charge on any atom is 0.344 e. The molecule has 7 heteroatoms. The molecular formula is C22H30N2O5. The molecule has 2 rings (SSSR count). The summed E-state index contributed by atoms with van der Waals surface area (Å²) < 4.78 is 10.3. The Bertz CT molecular complexity index is 838. The van der Waals surface area contributed by atoms with Gasteiger partial charge in [-0.15, -0.1) is 0 Å². The van der Waals surface area contributed by atoms with Crippen LogP contribution in [0.15, 0.2) is 24.4 Å². The van der Waals surface area contributed by atoms with E-state index in [0.29, 0.717) is 12.3 Å². The van der Waals surface area contributed by atoms with Gasteiger partial charge in [-0.05, 0) is 49.8 Å². The van der Waals surface area contributed by atoms with E-state index in [1.807, 2.05) is 18.2 Å². The van der Waals surface area contributed by atoms with Crippen LogP contribution >= 0.6 is 0 Å². The first-order valence-corrected chi connectivity index (χ1v) is 10.0. The largest absolute Gasteiger partial charge is 0.464 e. The van der Waals surface area contributed by atoms with Gasteiger partial charge in [0.2, 0.25) is 11.9 Å². The molecule has 0 atom stereocenters. The summed E-state index contributed by atoms with van der Waals surface area (Å²) in [6.07, 6.45) is 3.91. The van der Waals surface area contributed by atoms with Crippen LogP contribution in [0.25, 0.3) is 10.9 Å². The van der Waals surface area contributed by atoms with E-state index in [4.69, 9.17) is 9.47 Å². The first-order valence-electron chi connectivity index (χ1n) is 10.0. The molecule has 0 aliphatic carbocycles. The van der Waals surface area contributed by atoms with Crippen molar-refractivity contribution in [2.24, 2.45) is 5.92 Å². The minimum absolute atomic E-state index is 0.0674. The number of carbonyl (C=O) groups is 3. The average molecular weight is 402 g/mol. The van der Waals surface area contributed by atoms with Crippen molar-refractivity contribution in [3.8, 4) is 0 Å². The van der Waals surface area contributed by atoms with Gasteiger partial charge in [-0.3, -0.25) is 4.79 Å². The Kier molecular flexibility index (Phi) is 7.82. The molecule has 2 N–H and O–H groups in total. The molecule has 0 aliphatic heterocycles. The molecule has 158 valence electrons. The Morgan fingerprint density at radius 3 is 2.34 bits per heavy atom. The third-order valence-corrected chi connectivity index (χ3v) is 4.87. The Morgan fingerprint density at radius 1 is 1.14 bits per heavy atom. The first-order chi connectivity index (χ1) is 13.9. The number of carbonyl (C=O) groups excluding carboxylic acids is 3. The molecule has 1 aromatic carbocycles. The van der Waals surface area contributed by atoms with Crippen LogP contribution in [-0.4, -0.2) is 42.1 Å². The number of aryl methyl sites for hydroxylation is 1. The van der Waals surface area contributed by atoms with Crippen molar-refractivity contribution in [1.82, 2.24) is 10.3 Å². The second-order valence-electron chi connectivity index (χ2n) is 7.37. The van der Waals surface area contributed by atoms with E-state index in [0.717, 1.165) is 34.9 Å². The summed E-state index contributed by atoms with van der Waals surface area (Å²) in [6.45, 7) is 7.77. The zero-order valence-electron chi connectivity index (χ0n) is 17.5. The summed E-state index contributed by atoms with van der Waals surface area (Å²) >= 11 is 0. The van der Waals surface area contributed by atoms with Gasteiger partial charge in [0.05, 0.1) is 13.2 Å². The number of benzene rings is 1. The van der Waals surface area contributed by atoms with Gasteiger partial charge in [0, 0.05) is 23.5 Å². The highest BCUT2D eigenvalue weighted by Crippen LogP contribution is 2.29. The number of ether oxygens (including phenoxy) is 2. The lowest BCUT2D eigenvalue weighted by molar-refractivity contribution is -0.167. The van der Waals surface area contributed by atoms with Crippen molar-refractivity contribution >= 4 is 29.3 Å². The van der Waals surface area contributed by atoms with Gasteiger partial charge in [-0.25, -0.2) is 9.59 Å². The summed E-state index contributed by atoms with van der Waals surface area (Å²) in [7, 11) is 0. The number of esters is 2. The second-order valence-corrected chi connectivity index (χ2v) is 7.37. The summed E-state index contributed by atoms with van der Waals surface area (Å²) in [5, 5.41) is 3.35. The van der Waals surface area contributed by atoms with Gasteiger partial charge < -0.3 is 19.8 Å². The van der Waals surface area contributed by atoms with Crippen LogP contribution in [0.3, 0.4) is 0 Å². The summed E-state index contributed by atoms with van der Waals surface area (Å²) in [6, 6.07) is 5.97. The third kappa shape index (κ3) is 4.96. The number of hydrogen-bond donors (Lipinski definition) is 2. The molecule has 0 fully saturated rings. The smallest absolute Gasteiger partial charge is 0.344 e.